The van der Waals surface area contributed by atoms with Gasteiger partial charge in [-0.25, -0.2) is 4.39 Å². The van der Waals surface area contributed by atoms with Gasteiger partial charge in [-0.05, 0) is 42.8 Å². The maximum Gasteiger partial charge on any atom is 0.268 e. The zero-order valence-corrected chi connectivity index (χ0v) is 14.8. The second-order valence-corrected chi connectivity index (χ2v) is 6.62. The standard InChI is InChI=1S/C18H17ClFN3O3/c1-11-2-3-15(10-21-11)23-5-4-18(26,17(23)25)16(24)22-9-12-6-13(19)8-14(20)7-12/h2-3,6-8,10,26H,4-5,9H2,1H3,(H,22,24). The summed E-state index contributed by atoms with van der Waals surface area (Å²) < 4.78 is 13.3. The van der Waals surface area contributed by atoms with Gasteiger partial charge < -0.3 is 15.3 Å². The van der Waals surface area contributed by atoms with Crippen LogP contribution in [-0.4, -0.2) is 34.1 Å². The molecule has 1 atom stereocenters. The molecule has 2 amide bonds. The first-order valence-electron chi connectivity index (χ1n) is 8.00. The first-order valence-corrected chi connectivity index (χ1v) is 8.38. The summed E-state index contributed by atoms with van der Waals surface area (Å²) in [5.41, 5.74) is -0.428. The van der Waals surface area contributed by atoms with Crippen molar-refractivity contribution < 1.29 is 19.1 Å². The van der Waals surface area contributed by atoms with Gasteiger partial charge in [-0.15, -0.1) is 0 Å². The van der Waals surface area contributed by atoms with Crippen LogP contribution in [0.3, 0.4) is 0 Å². The van der Waals surface area contributed by atoms with Gasteiger partial charge in [0.25, 0.3) is 11.8 Å². The normalized spacial score (nSPS) is 19.7. The van der Waals surface area contributed by atoms with Crippen molar-refractivity contribution in [1.29, 1.82) is 0 Å². The number of hydrogen-bond acceptors (Lipinski definition) is 4. The average molecular weight is 378 g/mol. The molecule has 8 heteroatoms. The lowest BCUT2D eigenvalue weighted by molar-refractivity contribution is -0.149. The molecule has 1 aliphatic rings. The van der Waals surface area contributed by atoms with E-state index in [4.69, 9.17) is 11.6 Å². The number of aryl methyl sites for hydroxylation is 1. The Morgan fingerprint density at radius 2 is 2.19 bits per heavy atom. The SMILES string of the molecule is Cc1ccc(N2CCC(O)(C(=O)NCc3cc(F)cc(Cl)c3)C2=O)cn1. The lowest BCUT2D eigenvalue weighted by Gasteiger charge is -2.21. The van der Waals surface area contributed by atoms with Crippen LogP contribution in [0.15, 0.2) is 36.5 Å². The number of carbonyl (C=O) groups is 2. The van der Waals surface area contributed by atoms with Gasteiger partial charge in [0.05, 0.1) is 11.9 Å². The predicted molar refractivity (Wildman–Crippen MR) is 94.2 cm³/mol. The lowest BCUT2D eigenvalue weighted by Crippen LogP contribution is -2.52. The Balaban J connectivity index is 1.70. The molecule has 1 aromatic carbocycles. The van der Waals surface area contributed by atoms with E-state index >= 15 is 0 Å². The minimum atomic E-state index is -2.16. The van der Waals surface area contributed by atoms with Gasteiger partial charge >= 0.3 is 0 Å². The third-order valence-electron chi connectivity index (χ3n) is 4.25. The summed E-state index contributed by atoms with van der Waals surface area (Å²) in [7, 11) is 0. The quantitative estimate of drug-likeness (QED) is 0.798. The molecule has 2 heterocycles. The van der Waals surface area contributed by atoms with Crippen LogP contribution in [0.5, 0.6) is 0 Å². The van der Waals surface area contributed by atoms with Crippen LogP contribution in [0.25, 0.3) is 0 Å². The number of aliphatic hydroxyl groups is 1. The lowest BCUT2D eigenvalue weighted by atomic mass is 10.0. The van der Waals surface area contributed by atoms with Gasteiger partial charge in [-0.1, -0.05) is 11.6 Å². The number of rotatable bonds is 4. The highest BCUT2D eigenvalue weighted by Gasteiger charge is 2.51. The third-order valence-corrected chi connectivity index (χ3v) is 4.47. The largest absolute Gasteiger partial charge is 0.372 e. The molecule has 0 spiro atoms. The molecule has 26 heavy (non-hydrogen) atoms. The summed E-state index contributed by atoms with van der Waals surface area (Å²) in [5, 5.41) is 13.2. The average Bonchev–Trinajstić information content (AvgIpc) is 2.89. The highest BCUT2D eigenvalue weighted by Crippen LogP contribution is 2.28. The van der Waals surface area contributed by atoms with Gasteiger partial charge in [-0.3, -0.25) is 14.6 Å². The van der Waals surface area contributed by atoms with Crippen LogP contribution in [-0.2, 0) is 16.1 Å². The van der Waals surface area contributed by atoms with E-state index in [1.807, 2.05) is 6.92 Å². The second kappa shape index (κ2) is 7.01. The molecule has 6 nitrogen and oxygen atoms in total. The number of nitrogens with one attached hydrogen (secondary N) is 1. The van der Waals surface area contributed by atoms with Gasteiger partial charge in [0.15, 0.2) is 0 Å². The minimum absolute atomic E-state index is 0.0462. The number of amides is 2. The van der Waals surface area contributed by atoms with E-state index in [1.54, 1.807) is 12.1 Å². The third kappa shape index (κ3) is 3.54. The van der Waals surface area contributed by atoms with E-state index in [0.717, 1.165) is 11.8 Å². The minimum Gasteiger partial charge on any atom is -0.372 e. The molecule has 1 unspecified atom stereocenters. The van der Waals surface area contributed by atoms with Crippen molar-refractivity contribution in [2.45, 2.75) is 25.5 Å². The zero-order valence-electron chi connectivity index (χ0n) is 14.0. The van der Waals surface area contributed by atoms with Gasteiger partial charge in [0.1, 0.15) is 5.82 Å². The first-order chi connectivity index (χ1) is 12.3. The Morgan fingerprint density at radius 3 is 2.85 bits per heavy atom. The van der Waals surface area contributed by atoms with E-state index in [-0.39, 0.29) is 24.5 Å². The number of hydrogen-bond donors (Lipinski definition) is 2. The van der Waals surface area contributed by atoms with Crippen molar-refractivity contribution in [1.82, 2.24) is 10.3 Å². The summed E-state index contributed by atoms with van der Waals surface area (Å²) in [5.74, 6) is -2.07. The number of carbonyl (C=O) groups excluding carboxylic acids is 2. The fourth-order valence-electron chi connectivity index (χ4n) is 2.82. The fourth-order valence-corrected chi connectivity index (χ4v) is 3.07. The first kappa shape index (κ1) is 18.3. The Bertz CT molecular complexity index is 839. The molecule has 3 rings (SSSR count). The Morgan fingerprint density at radius 1 is 1.42 bits per heavy atom. The summed E-state index contributed by atoms with van der Waals surface area (Å²) in [6.07, 6.45) is 1.47. The molecular weight excluding hydrogens is 361 g/mol. The molecule has 0 aliphatic carbocycles. The monoisotopic (exact) mass is 377 g/mol. The smallest absolute Gasteiger partial charge is 0.268 e. The van der Waals surface area contributed by atoms with E-state index in [0.29, 0.717) is 11.3 Å². The Kier molecular flexibility index (Phi) is 4.93. The van der Waals surface area contributed by atoms with Crippen LogP contribution in [0.1, 0.15) is 17.7 Å². The summed E-state index contributed by atoms with van der Waals surface area (Å²) in [4.78, 5) is 30.4. The highest BCUT2D eigenvalue weighted by molar-refractivity contribution is 6.30. The summed E-state index contributed by atoms with van der Waals surface area (Å²) in [6.45, 7) is 1.95. The van der Waals surface area contributed by atoms with Crippen LogP contribution >= 0.6 is 11.6 Å². The molecule has 2 aromatic rings. The molecule has 1 fully saturated rings. The molecule has 1 aliphatic heterocycles. The van der Waals surface area contributed by atoms with Crippen LogP contribution in [0.4, 0.5) is 10.1 Å². The molecule has 1 aromatic heterocycles. The van der Waals surface area contributed by atoms with Crippen molar-refractivity contribution in [3.8, 4) is 0 Å². The van der Waals surface area contributed by atoms with Gasteiger partial charge in [0.2, 0.25) is 5.60 Å². The number of halogens is 2. The van der Waals surface area contributed by atoms with Crippen molar-refractivity contribution in [2.75, 3.05) is 11.4 Å². The van der Waals surface area contributed by atoms with Crippen molar-refractivity contribution in [3.05, 3.63) is 58.6 Å². The van der Waals surface area contributed by atoms with Crippen LogP contribution in [0, 0.1) is 12.7 Å². The van der Waals surface area contributed by atoms with E-state index in [9.17, 15) is 19.1 Å². The maximum absolute atomic E-state index is 13.3. The highest BCUT2D eigenvalue weighted by atomic mass is 35.5. The number of anilines is 1. The second-order valence-electron chi connectivity index (χ2n) is 6.19. The van der Waals surface area contributed by atoms with Crippen molar-refractivity contribution in [2.24, 2.45) is 0 Å². The van der Waals surface area contributed by atoms with E-state index < -0.39 is 23.2 Å². The number of benzene rings is 1. The fraction of sp³-hybridized carbons (Fsp3) is 0.278. The Hall–Kier alpha value is -2.51. The topological polar surface area (TPSA) is 82.5 Å². The molecule has 1 saturated heterocycles. The number of pyridine rings is 1. The van der Waals surface area contributed by atoms with Gasteiger partial charge in [0, 0.05) is 30.2 Å². The Labute approximate surface area is 154 Å². The molecule has 136 valence electrons. The van der Waals surface area contributed by atoms with E-state index in [1.165, 1.54) is 23.2 Å². The predicted octanol–water partition coefficient (Wildman–Crippen LogP) is 1.97. The van der Waals surface area contributed by atoms with Crippen LogP contribution < -0.4 is 10.2 Å². The van der Waals surface area contributed by atoms with Crippen LogP contribution in [0.2, 0.25) is 5.02 Å². The van der Waals surface area contributed by atoms with Crippen molar-refractivity contribution in [3.63, 3.8) is 0 Å². The zero-order chi connectivity index (χ0) is 18.9. The molecule has 0 saturated carbocycles. The molecular formula is C18H17ClFN3O3. The van der Waals surface area contributed by atoms with Gasteiger partial charge in [-0.2, -0.15) is 0 Å². The summed E-state index contributed by atoms with van der Waals surface area (Å²) >= 11 is 5.77. The molecule has 0 radical (unpaired) electrons. The molecule has 0 bridgehead atoms. The number of aromatic nitrogens is 1. The van der Waals surface area contributed by atoms with E-state index in [2.05, 4.69) is 10.3 Å². The maximum atomic E-state index is 13.3. The number of nitrogens with zero attached hydrogens (tertiary/aromatic N) is 2. The molecule has 2 N–H and O–H groups in total. The summed E-state index contributed by atoms with van der Waals surface area (Å²) in [6, 6.07) is 7.31. The van der Waals surface area contributed by atoms with Crippen molar-refractivity contribution >= 4 is 29.1 Å².